The predicted molar refractivity (Wildman–Crippen MR) is 55.1 cm³/mol. The molecule has 3 nitrogen and oxygen atoms in total. The molecule has 0 unspecified atom stereocenters. The smallest absolute Gasteiger partial charge is 0.158 e. The fourth-order valence-electron chi connectivity index (χ4n) is 1.67. The van der Waals surface area contributed by atoms with Gasteiger partial charge in [-0.25, -0.2) is 0 Å². The van der Waals surface area contributed by atoms with Gasteiger partial charge in [-0.3, -0.25) is 0 Å². The second kappa shape index (κ2) is 7.21. The van der Waals surface area contributed by atoms with Crippen LogP contribution in [-0.4, -0.2) is 30.7 Å². The molecule has 0 aliphatic carbocycles. The maximum absolute atomic E-state index is 8.82. The van der Waals surface area contributed by atoms with Crippen molar-refractivity contribution in [2.24, 2.45) is 0 Å². The van der Waals surface area contributed by atoms with Crippen molar-refractivity contribution >= 4 is 0 Å². The van der Waals surface area contributed by atoms with Gasteiger partial charge in [-0.1, -0.05) is 32.6 Å². The van der Waals surface area contributed by atoms with E-state index in [1.54, 1.807) is 0 Å². The van der Waals surface area contributed by atoms with E-state index in [0.717, 1.165) is 6.42 Å². The van der Waals surface area contributed by atoms with E-state index >= 15 is 0 Å². The molecule has 1 N–H and O–H groups in total. The van der Waals surface area contributed by atoms with Gasteiger partial charge < -0.3 is 14.6 Å². The van der Waals surface area contributed by atoms with Crippen LogP contribution < -0.4 is 0 Å². The average Bonchev–Trinajstić information content (AvgIpc) is 2.65. The molecule has 1 aliphatic rings. The number of ether oxygens (including phenoxy) is 2. The first-order valence-electron chi connectivity index (χ1n) is 5.74. The Morgan fingerprint density at radius 2 is 2.00 bits per heavy atom. The molecule has 0 radical (unpaired) electrons. The maximum Gasteiger partial charge on any atom is 0.158 e. The number of unbranched alkanes of at least 4 members (excludes halogenated alkanes) is 4. The second-order valence-electron chi connectivity index (χ2n) is 3.91. The molecule has 0 aromatic carbocycles. The van der Waals surface area contributed by atoms with Crippen LogP contribution in [-0.2, 0) is 9.47 Å². The molecule has 0 spiro atoms. The number of hydrogen-bond donors (Lipinski definition) is 1. The van der Waals surface area contributed by atoms with Crippen LogP contribution in [0.25, 0.3) is 0 Å². The lowest BCUT2D eigenvalue weighted by Gasteiger charge is -2.09. The van der Waals surface area contributed by atoms with Crippen LogP contribution in [0.4, 0.5) is 0 Å². The van der Waals surface area contributed by atoms with Crippen LogP contribution in [0.2, 0.25) is 0 Å². The first kappa shape index (κ1) is 12.0. The van der Waals surface area contributed by atoms with Crippen LogP contribution in [0, 0.1) is 0 Å². The third kappa shape index (κ3) is 4.40. The number of rotatable bonds is 7. The van der Waals surface area contributed by atoms with Gasteiger partial charge in [-0.15, -0.1) is 0 Å². The summed E-state index contributed by atoms with van der Waals surface area (Å²) in [6.45, 7) is 2.84. The van der Waals surface area contributed by atoms with E-state index in [0.29, 0.717) is 6.61 Å². The zero-order valence-electron chi connectivity index (χ0n) is 9.08. The Bertz CT molecular complexity index is 138. The highest BCUT2D eigenvalue weighted by atomic mass is 16.7. The third-order valence-corrected chi connectivity index (χ3v) is 2.56. The highest BCUT2D eigenvalue weighted by Gasteiger charge is 2.24. The molecule has 0 aromatic heterocycles. The standard InChI is InChI=1S/C11H22O3/c1-2-3-4-5-6-7-11-13-9-10(8-12)14-11/h10-12H,2-9H2,1H3/t10-,11-/m0/s1. The summed E-state index contributed by atoms with van der Waals surface area (Å²) in [5.74, 6) is 0. The SMILES string of the molecule is CCCCCCC[C@H]1OC[C@H](CO)O1. The molecule has 0 aromatic rings. The molecule has 0 amide bonds. The molecule has 14 heavy (non-hydrogen) atoms. The molecule has 2 atom stereocenters. The normalized spacial score (nSPS) is 27.0. The Labute approximate surface area is 86.4 Å². The van der Waals surface area contributed by atoms with Gasteiger partial charge in [0.2, 0.25) is 0 Å². The van der Waals surface area contributed by atoms with Gasteiger partial charge in [-0.2, -0.15) is 0 Å². The van der Waals surface area contributed by atoms with Crippen molar-refractivity contribution in [1.82, 2.24) is 0 Å². The maximum atomic E-state index is 8.82. The van der Waals surface area contributed by atoms with Gasteiger partial charge in [-0.05, 0) is 12.8 Å². The first-order chi connectivity index (χ1) is 6.86. The van der Waals surface area contributed by atoms with Crippen molar-refractivity contribution in [3.8, 4) is 0 Å². The minimum atomic E-state index is -0.0874. The van der Waals surface area contributed by atoms with Crippen LogP contribution >= 0.6 is 0 Å². The van der Waals surface area contributed by atoms with Crippen molar-refractivity contribution in [2.75, 3.05) is 13.2 Å². The van der Waals surface area contributed by atoms with Gasteiger partial charge in [0, 0.05) is 0 Å². The Morgan fingerprint density at radius 1 is 1.21 bits per heavy atom. The quantitative estimate of drug-likeness (QED) is 0.642. The van der Waals surface area contributed by atoms with E-state index in [1.807, 2.05) is 0 Å². The molecule has 1 saturated heterocycles. The lowest BCUT2D eigenvalue weighted by Crippen LogP contribution is -2.16. The van der Waals surface area contributed by atoms with Gasteiger partial charge in [0.15, 0.2) is 6.29 Å². The third-order valence-electron chi connectivity index (χ3n) is 2.56. The topological polar surface area (TPSA) is 38.7 Å². The molecule has 1 fully saturated rings. The van der Waals surface area contributed by atoms with Crippen LogP contribution in [0.5, 0.6) is 0 Å². The van der Waals surface area contributed by atoms with Gasteiger partial charge in [0.1, 0.15) is 6.10 Å². The summed E-state index contributed by atoms with van der Waals surface area (Å²) in [7, 11) is 0. The Kier molecular flexibility index (Phi) is 6.15. The largest absolute Gasteiger partial charge is 0.394 e. The van der Waals surface area contributed by atoms with E-state index in [2.05, 4.69) is 6.92 Å². The van der Waals surface area contributed by atoms with Crippen molar-refractivity contribution in [3.63, 3.8) is 0 Å². The van der Waals surface area contributed by atoms with Gasteiger partial charge in [0.25, 0.3) is 0 Å². The van der Waals surface area contributed by atoms with E-state index in [1.165, 1.54) is 32.1 Å². The highest BCUT2D eigenvalue weighted by Crippen LogP contribution is 2.17. The Hall–Kier alpha value is -0.120. The molecular formula is C11H22O3. The van der Waals surface area contributed by atoms with Crippen molar-refractivity contribution in [2.45, 2.75) is 57.8 Å². The minimum Gasteiger partial charge on any atom is -0.394 e. The first-order valence-corrected chi connectivity index (χ1v) is 5.74. The molecule has 0 bridgehead atoms. The molecule has 0 saturated carbocycles. The molecular weight excluding hydrogens is 180 g/mol. The molecule has 84 valence electrons. The summed E-state index contributed by atoms with van der Waals surface area (Å²) < 4.78 is 10.8. The van der Waals surface area contributed by atoms with E-state index in [-0.39, 0.29) is 19.0 Å². The minimum absolute atomic E-state index is 0.0613. The second-order valence-corrected chi connectivity index (χ2v) is 3.91. The van der Waals surface area contributed by atoms with Crippen molar-refractivity contribution in [1.29, 1.82) is 0 Å². The highest BCUT2D eigenvalue weighted by molar-refractivity contribution is 4.63. The molecule has 1 rings (SSSR count). The van der Waals surface area contributed by atoms with Crippen LogP contribution in [0.3, 0.4) is 0 Å². The van der Waals surface area contributed by atoms with Crippen LogP contribution in [0.1, 0.15) is 45.4 Å². The molecule has 1 aliphatic heterocycles. The van der Waals surface area contributed by atoms with Crippen LogP contribution in [0.15, 0.2) is 0 Å². The lowest BCUT2D eigenvalue weighted by atomic mass is 10.1. The average molecular weight is 202 g/mol. The van der Waals surface area contributed by atoms with Crippen molar-refractivity contribution < 1.29 is 14.6 Å². The fourth-order valence-corrected chi connectivity index (χ4v) is 1.67. The summed E-state index contributed by atoms with van der Waals surface area (Å²) in [6.07, 6.45) is 7.18. The van der Waals surface area contributed by atoms with Gasteiger partial charge >= 0.3 is 0 Å². The summed E-state index contributed by atoms with van der Waals surface area (Å²) >= 11 is 0. The van der Waals surface area contributed by atoms with E-state index in [9.17, 15) is 0 Å². The molecule has 3 heteroatoms. The van der Waals surface area contributed by atoms with Gasteiger partial charge in [0.05, 0.1) is 13.2 Å². The number of aliphatic hydroxyl groups excluding tert-OH is 1. The lowest BCUT2D eigenvalue weighted by molar-refractivity contribution is -0.0701. The Morgan fingerprint density at radius 3 is 2.64 bits per heavy atom. The fraction of sp³-hybridized carbons (Fsp3) is 1.00. The summed E-state index contributed by atoms with van der Waals surface area (Å²) in [5.41, 5.74) is 0. The van der Waals surface area contributed by atoms with E-state index in [4.69, 9.17) is 14.6 Å². The summed E-state index contributed by atoms with van der Waals surface area (Å²) in [6, 6.07) is 0. The number of hydrogen-bond acceptors (Lipinski definition) is 3. The Balaban J connectivity index is 1.92. The number of aliphatic hydroxyl groups is 1. The monoisotopic (exact) mass is 202 g/mol. The zero-order valence-corrected chi connectivity index (χ0v) is 9.08. The summed E-state index contributed by atoms with van der Waals surface area (Å²) in [4.78, 5) is 0. The van der Waals surface area contributed by atoms with E-state index < -0.39 is 0 Å². The van der Waals surface area contributed by atoms with Crippen molar-refractivity contribution in [3.05, 3.63) is 0 Å². The molecule has 1 heterocycles. The zero-order chi connectivity index (χ0) is 10.2. The predicted octanol–water partition coefficient (Wildman–Crippen LogP) is 2.08. The summed E-state index contributed by atoms with van der Waals surface area (Å²) in [5, 5.41) is 8.82.